The lowest BCUT2D eigenvalue weighted by Gasteiger charge is -2.06. The van der Waals surface area contributed by atoms with Crippen molar-refractivity contribution in [3.63, 3.8) is 0 Å². The van der Waals surface area contributed by atoms with Crippen LogP contribution >= 0.6 is 11.6 Å². The Balaban J connectivity index is 1.62. The lowest BCUT2D eigenvalue weighted by atomic mass is 10.2. The minimum atomic E-state index is -0.315. The molecule has 0 aliphatic rings. The number of carbonyl (C=O) groups is 1. The number of urea groups is 1. The van der Waals surface area contributed by atoms with Crippen LogP contribution in [-0.2, 0) is 6.54 Å². The highest BCUT2D eigenvalue weighted by Gasteiger charge is 2.08. The summed E-state index contributed by atoms with van der Waals surface area (Å²) in [5, 5.41) is 10.9. The summed E-state index contributed by atoms with van der Waals surface area (Å²) in [5.41, 5.74) is 2.06. The molecular formula is C15H12ClN3O2. The number of halogens is 1. The average Bonchev–Trinajstić information content (AvgIpc) is 2.91. The van der Waals surface area contributed by atoms with Crippen molar-refractivity contribution in [1.29, 1.82) is 0 Å². The maximum Gasteiger partial charge on any atom is 0.319 e. The highest BCUT2D eigenvalue weighted by molar-refractivity contribution is 6.30. The van der Waals surface area contributed by atoms with Crippen molar-refractivity contribution in [3.05, 3.63) is 59.2 Å². The summed E-state index contributed by atoms with van der Waals surface area (Å²) in [6, 6.07) is 14.1. The smallest absolute Gasteiger partial charge is 0.319 e. The molecule has 0 saturated carbocycles. The third-order valence-electron chi connectivity index (χ3n) is 2.97. The van der Waals surface area contributed by atoms with Crippen molar-refractivity contribution in [1.82, 2.24) is 10.5 Å². The summed E-state index contributed by atoms with van der Waals surface area (Å²) < 4.78 is 5.18. The van der Waals surface area contributed by atoms with Gasteiger partial charge in [0.2, 0.25) is 0 Å². The largest absolute Gasteiger partial charge is 0.356 e. The van der Waals surface area contributed by atoms with E-state index >= 15 is 0 Å². The first-order valence-electron chi connectivity index (χ1n) is 6.36. The molecule has 0 spiro atoms. The molecule has 5 nitrogen and oxygen atoms in total. The van der Waals surface area contributed by atoms with E-state index < -0.39 is 0 Å². The van der Waals surface area contributed by atoms with Crippen LogP contribution in [0.3, 0.4) is 0 Å². The molecule has 0 saturated heterocycles. The van der Waals surface area contributed by atoms with Gasteiger partial charge in [0.05, 0.1) is 6.54 Å². The number of nitrogens with one attached hydrogen (secondary N) is 2. The van der Waals surface area contributed by atoms with Gasteiger partial charge >= 0.3 is 6.03 Å². The van der Waals surface area contributed by atoms with Crippen LogP contribution in [0.5, 0.6) is 0 Å². The Hall–Kier alpha value is -2.53. The first-order valence-corrected chi connectivity index (χ1v) is 6.74. The fraction of sp³-hybridized carbons (Fsp3) is 0.0667. The van der Waals surface area contributed by atoms with Gasteiger partial charge in [-0.3, -0.25) is 0 Å². The minimum Gasteiger partial charge on any atom is -0.356 e. The number of hydrogen-bond donors (Lipinski definition) is 2. The van der Waals surface area contributed by atoms with E-state index in [0.717, 1.165) is 5.39 Å². The van der Waals surface area contributed by atoms with Crippen molar-refractivity contribution in [2.75, 3.05) is 5.32 Å². The molecule has 2 aromatic carbocycles. The number of para-hydroxylation sites is 1. The van der Waals surface area contributed by atoms with Gasteiger partial charge < -0.3 is 15.2 Å². The van der Waals surface area contributed by atoms with Crippen molar-refractivity contribution in [2.45, 2.75) is 6.54 Å². The second kappa shape index (κ2) is 5.85. The molecule has 0 unspecified atom stereocenters. The quantitative estimate of drug-likeness (QED) is 0.773. The standard InChI is InChI=1S/C15H12ClN3O2/c16-10-5-7-11(8-6-10)18-15(20)17-9-13-12-3-1-2-4-14(12)21-19-13/h1-8H,9H2,(H2,17,18,20). The zero-order valence-electron chi connectivity index (χ0n) is 11.0. The molecule has 3 aromatic rings. The third kappa shape index (κ3) is 3.14. The fourth-order valence-corrected chi connectivity index (χ4v) is 2.06. The highest BCUT2D eigenvalue weighted by atomic mass is 35.5. The van der Waals surface area contributed by atoms with Crippen LogP contribution in [0, 0.1) is 0 Å². The number of anilines is 1. The van der Waals surface area contributed by atoms with E-state index in [1.54, 1.807) is 24.3 Å². The van der Waals surface area contributed by atoms with Crippen molar-refractivity contribution < 1.29 is 9.32 Å². The molecule has 0 radical (unpaired) electrons. The molecule has 3 rings (SSSR count). The monoisotopic (exact) mass is 301 g/mol. The van der Waals surface area contributed by atoms with Crippen LogP contribution < -0.4 is 10.6 Å². The summed E-state index contributed by atoms with van der Waals surface area (Å²) >= 11 is 5.79. The first kappa shape index (κ1) is 13.5. The van der Waals surface area contributed by atoms with Gasteiger partial charge in [-0.05, 0) is 36.4 Å². The lowest BCUT2D eigenvalue weighted by molar-refractivity contribution is 0.251. The van der Waals surface area contributed by atoms with Crippen molar-refractivity contribution >= 4 is 34.3 Å². The van der Waals surface area contributed by atoms with Crippen LogP contribution in [0.15, 0.2) is 53.1 Å². The normalized spacial score (nSPS) is 10.5. The van der Waals surface area contributed by atoms with Gasteiger partial charge in [-0.15, -0.1) is 0 Å². The lowest BCUT2D eigenvalue weighted by Crippen LogP contribution is -2.28. The summed E-state index contributed by atoms with van der Waals surface area (Å²) in [6.07, 6.45) is 0. The molecule has 106 valence electrons. The fourth-order valence-electron chi connectivity index (χ4n) is 1.94. The zero-order chi connectivity index (χ0) is 14.7. The second-order valence-corrected chi connectivity index (χ2v) is 4.88. The molecule has 0 atom stereocenters. The summed E-state index contributed by atoms with van der Waals surface area (Å²) in [7, 11) is 0. The van der Waals surface area contributed by atoms with Crippen LogP contribution in [-0.4, -0.2) is 11.2 Å². The molecule has 1 aromatic heterocycles. The SMILES string of the molecule is O=C(NCc1noc2ccccc12)Nc1ccc(Cl)cc1. The van der Waals surface area contributed by atoms with Crippen LogP contribution in [0.2, 0.25) is 5.02 Å². The maximum atomic E-state index is 11.8. The molecule has 1 heterocycles. The maximum absolute atomic E-state index is 11.8. The summed E-state index contributed by atoms with van der Waals surface area (Å²) in [5.74, 6) is 0. The molecular weight excluding hydrogens is 290 g/mol. The molecule has 0 aliphatic carbocycles. The van der Waals surface area contributed by atoms with Crippen LogP contribution in [0.4, 0.5) is 10.5 Å². The van der Waals surface area contributed by atoms with Gasteiger partial charge in [0.25, 0.3) is 0 Å². The Morgan fingerprint density at radius 1 is 1.14 bits per heavy atom. The van der Waals surface area contributed by atoms with E-state index in [2.05, 4.69) is 15.8 Å². The second-order valence-electron chi connectivity index (χ2n) is 4.44. The minimum absolute atomic E-state index is 0.288. The predicted octanol–water partition coefficient (Wildman–Crippen LogP) is 3.80. The van der Waals surface area contributed by atoms with E-state index in [0.29, 0.717) is 22.0 Å². The molecule has 2 N–H and O–H groups in total. The number of nitrogens with zero attached hydrogens (tertiary/aromatic N) is 1. The van der Waals surface area contributed by atoms with Crippen LogP contribution in [0.25, 0.3) is 11.0 Å². The van der Waals surface area contributed by atoms with E-state index in [-0.39, 0.29) is 12.6 Å². The average molecular weight is 302 g/mol. The Morgan fingerprint density at radius 2 is 1.90 bits per heavy atom. The molecule has 2 amide bonds. The summed E-state index contributed by atoms with van der Waals surface area (Å²) in [4.78, 5) is 11.8. The molecule has 0 aliphatic heterocycles. The Kier molecular flexibility index (Phi) is 3.75. The van der Waals surface area contributed by atoms with E-state index in [4.69, 9.17) is 16.1 Å². The number of rotatable bonds is 3. The number of carbonyl (C=O) groups excluding carboxylic acids is 1. The number of benzene rings is 2. The zero-order valence-corrected chi connectivity index (χ0v) is 11.7. The first-order chi connectivity index (χ1) is 10.2. The van der Waals surface area contributed by atoms with Crippen molar-refractivity contribution in [3.8, 4) is 0 Å². The topological polar surface area (TPSA) is 67.2 Å². The van der Waals surface area contributed by atoms with Crippen LogP contribution in [0.1, 0.15) is 5.69 Å². The van der Waals surface area contributed by atoms with Gasteiger partial charge in [-0.25, -0.2) is 4.79 Å². The predicted molar refractivity (Wildman–Crippen MR) is 81.3 cm³/mol. The van der Waals surface area contributed by atoms with Gasteiger partial charge in [-0.1, -0.05) is 28.9 Å². The molecule has 6 heteroatoms. The number of aromatic nitrogens is 1. The number of amides is 2. The molecule has 21 heavy (non-hydrogen) atoms. The van der Waals surface area contributed by atoms with E-state index in [9.17, 15) is 4.79 Å². The van der Waals surface area contributed by atoms with Gasteiger partial charge in [-0.2, -0.15) is 0 Å². The molecule has 0 bridgehead atoms. The Morgan fingerprint density at radius 3 is 2.71 bits per heavy atom. The Bertz CT molecular complexity index is 768. The van der Waals surface area contributed by atoms with Gasteiger partial charge in [0, 0.05) is 16.1 Å². The third-order valence-corrected chi connectivity index (χ3v) is 3.22. The van der Waals surface area contributed by atoms with E-state index in [1.165, 1.54) is 0 Å². The van der Waals surface area contributed by atoms with Gasteiger partial charge in [0.15, 0.2) is 5.58 Å². The molecule has 0 fully saturated rings. The summed E-state index contributed by atoms with van der Waals surface area (Å²) in [6.45, 7) is 0.288. The number of hydrogen-bond acceptors (Lipinski definition) is 3. The number of fused-ring (bicyclic) bond motifs is 1. The van der Waals surface area contributed by atoms with Gasteiger partial charge in [0.1, 0.15) is 5.69 Å². The highest BCUT2D eigenvalue weighted by Crippen LogP contribution is 2.17. The Labute approximate surface area is 125 Å². The van der Waals surface area contributed by atoms with Crippen molar-refractivity contribution in [2.24, 2.45) is 0 Å². The van der Waals surface area contributed by atoms with E-state index in [1.807, 2.05) is 24.3 Å².